The van der Waals surface area contributed by atoms with Gasteiger partial charge in [-0.2, -0.15) is 0 Å². The topological polar surface area (TPSA) is 23.6 Å². The number of rotatable bonds is 5. The fourth-order valence-electron chi connectivity index (χ4n) is 1.71. The van der Waals surface area contributed by atoms with Crippen LogP contribution in [0.5, 0.6) is 0 Å². The van der Waals surface area contributed by atoms with Crippen molar-refractivity contribution in [3.63, 3.8) is 0 Å². The average Bonchev–Trinajstić information content (AvgIpc) is 2.21. The molecule has 0 unspecified atom stereocenters. The van der Waals surface area contributed by atoms with Crippen molar-refractivity contribution >= 4 is 6.41 Å². The fourth-order valence-corrected chi connectivity index (χ4v) is 1.71. The van der Waals surface area contributed by atoms with Gasteiger partial charge in [-0.05, 0) is 32.9 Å². The summed E-state index contributed by atoms with van der Waals surface area (Å²) in [7, 11) is 0. The van der Waals surface area contributed by atoms with Gasteiger partial charge in [0.2, 0.25) is 0 Å². The molecule has 1 amide bonds. The fraction of sp³-hybridized carbons (Fsp3) is 0.900. The van der Waals surface area contributed by atoms with E-state index in [4.69, 9.17) is 0 Å². The summed E-state index contributed by atoms with van der Waals surface area (Å²) in [6.45, 7) is 7.02. The number of hydrogen-bond acceptors (Lipinski definition) is 2. The van der Waals surface area contributed by atoms with E-state index in [0.29, 0.717) is 0 Å². The third-order valence-corrected chi connectivity index (χ3v) is 2.65. The molecule has 0 aromatic heterocycles. The molecular formula is C10H19N2O. The summed E-state index contributed by atoms with van der Waals surface area (Å²) in [5.74, 6) is 0. The predicted molar refractivity (Wildman–Crippen MR) is 53.2 cm³/mol. The largest absolute Gasteiger partial charge is 0.333 e. The number of carbonyl (C=O) groups excluding carboxylic acids is 1. The molecule has 0 aromatic rings. The second-order valence-corrected chi connectivity index (χ2v) is 3.57. The van der Waals surface area contributed by atoms with Crippen LogP contribution in [0.15, 0.2) is 0 Å². The molecule has 1 aliphatic heterocycles. The molecule has 0 N–H and O–H groups in total. The lowest BCUT2D eigenvalue weighted by atomic mass is 10.1. The van der Waals surface area contributed by atoms with Crippen molar-refractivity contribution < 1.29 is 4.79 Å². The summed E-state index contributed by atoms with van der Waals surface area (Å²) in [5.41, 5.74) is 0. The van der Waals surface area contributed by atoms with Crippen molar-refractivity contribution in [1.29, 1.82) is 0 Å². The van der Waals surface area contributed by atoms with E-state index in [2.05, 4.69) is 4.90 Å². The van der Waals surface area contributed by atoms with Gasteiger partial charge in [0.1, 0.15) is 0 Å². The van der Waals surface area contributed by atoms with Gasteiger partial charge < -0.3 is 9.80 Å². The summed E-state index contributed by atoms with van der Waals surface area (Å²) in [6.07, 6.45) is 5.95. The van der Waals surface area contributed by atoms with Gasteiger partial charge in [0.05, 0.1) is 0 Å². The molecule has 0 saturated carbocycles. The molecule has 75 valence electrons. The van der Waals surface area contributed by atoms with E-state index in [-0.39, 0.29) is 0 Å². The lowest BCUT2D eigenvalue weighted by Crippen LogP contribution is -2.37. The number of hydrogen-bond donors (Lipinski definition) is 0. The molecule has 0 spiro atoms. The molecule has 13 heavy (non-hydrogen) atoms. The van der Waals surface area contributed by atoms with Crippen molar-refractivity contribution in [2.45, 2.75) is 26.2 Å². The van der Waals surface area contributed by atoms with Crippen LogP contribution in [0.3, 0.4) is 0 Å². The highest BCUT2D eigenvalue weighted by molar-refractivity contribution is 5.47. The molecule has 0 aliphatic carbocycles. The van der Waals surface area contributed by atoms with Gasteiger partial charge in [-0.15, -0.1) is 0 Å². The summed E-state index contributed by atoms with van der Waals surface area (Å²) < 4.78 is 0. The maximum Gasteiger partial charge on any atom is 0.312 e. The Labute approximate surface area is 80.7 Å². The van der Waals surface area contributed by atoms with E-state index in [0.717, 1.165) is 19.6 Å². The monoisotopic (exact) mass is 183 g/mol. The number of likely N-dealkylation sites (N-methyl/N-ethyl adjacent to an activating group) is 1. The number of piperidine rings is 1. The Morgan fingerprint density at radius 3 is 2.54 bits per heavy atom. The normalized spacial score (nSPS) is 18.5. The van der Waals surface area contributed by atoms with Crippen LogP contribution in [0.4, 0.5) is 0 Å². The quantitative estimate of drug-likeness (QED) is 0.590. The highest BCUT2D eigenvalue weighted by Crippen LogP contribution is 2.07. The van der Waals surface area contributed by atoms with Gasteiger partial charge in [-0.3, -0.25) is 4.79 Å². The average molecular weight is 183 g/mol. The summed E-state index contributed by atoms with van der Waals surface area (Å²) in [4.78, 5) is 14.5. The lowest BCUT2D eigenvalue weighted by Gasteiger charge is -2.27. The molecule has 3 heteroatoms. The number of amides is 1. The van der Waals surface area contributed by atoms with E-state index in [1.54, 1.807) is 4.90 Å². The molecule has 0 bridgehead atoms. The van der Waals surface area contributed by atoms with Crippen LogP contribution in [0.25, 0.3) is 0 Å². The van der Waals surface area contributed by atoms with Crippen molar-refractivity contribution in [3.8, 4) is 0 Å². The van der Waals surface area contributed by atoms with Crippen LogP contribution >= 0.6 is 0 Å². The van der Waals surface area contributed by atoms with Crippen molar-refractivity contribution in [2.24, 2.45) is 0 Å². The number of likely N-dealkylation sites (tertiary alicyclic amines) is 1. The highest BCUT2D eigenvalue weighted by atomic mass is 16.1. The summed E-state index contributed by atoms with van der Waals surface area (Å²) >= 11 is 0. The maximum atomic E-state index is 10.4. The van der Waals surface area contributed by atoms with Crippen LogP contribution in [-0.4, -0.2) is 48.9 Å². The van der Waals surface area contributed by atoms with Crippen molar-refractivity contribution in [3.05, 3.63) is 0 Å². The zero-order chi connectivity index (χ0) is 9.52. The minimum atomic E-state index is 0.775. The molecule has 1 radical (unpaired) electrons. The molecule has 1 rings (SSSR count). The maximum absolute atomic E-state index is 10.4. The van der Waals surface area contributed by atoms with E-state index in [1.807, 2.05) is 13.3 Å². The first kappa shape index (κ1) is 10.5. The molecule has 1 saturated heterocycles. The zero-order valence-electron chi connectivity index (χ0n) is 8.46. The minimum Gasteiger partial charge on any atom is -0.333 e. The highest BCUT2D eigenvalue weighted by Gasteiger charge is 2.10. The SMILES string of the molecule is CCN([C]=O)CCN1CCCCC1. The van der Waals surface area contributed by atoms with Crippen LogP contribution in [-0.2, 0) is 4.79 Å². The first-order chi connectivity index (χ1) is 6.36. The molecule has 0 atom stereocenters. The van der Waals surface area contributed by atoms with Crippen molar-refractivity contribution in [1.82, 2.24) is 9.80 Å². The summed E-state index contributed by atoms with van der Waals surface area (Å²) in [6, 6.07) is 0. The van der Waals surface area contributed by atoms with Crippen molar-refractivity contribution in [2.75, 3.05) is 32.7 Å². The molecular weight excluding hydrogens is 164 g/mol. The van der Waals surface area contributed by atoms with E-state index in [1.165, 1.54) is 32.4 Å². The van der Waals surface area contributed by atoms with Gasteiger partial charge >= 0.3 is 6.41 Å². The first-order valence-electron chi connectivity index (χ1n) is 5.22. The van der Waals surface area contributed by atoms with Crippen LogP contribution < -0.4 is 0 Å². The Balaban J connectivity index is 2.12. The third kappa shape index (κ3) is 3.77. The summed E-state index contributed by atoms with van der Waals surface area (Å²) in [5, 5.41) is 0. The van der Waals surface area contributed by atoms with Crippen LogP contribution in [0, 0.1) is 0 Å². The van der Waals surface area contributed by atoms with Gasteiger partial charge in [-0.25, -0.2) is 0 Å². The van der Waals surface area contributed by atoms with Gasteiger partial charge in [-0.1, -0.05) is 6.42 Å². The Morgan fingerprint density at radius 1 is 1.31 bits per heavy atom. The predicted octanol–water partition coefficient (Wildman–Crippen LogP) is 0.861. The smallest absolute Gasteiger partial charge is 0.312 e. The van der Waals surface area contributed by atoms with E-state index >= 15 is 0 Å². The Kier molecular flexibility index (Phi) is 4.83. The molecule has 1 fully saturated rings. The second kappa shape index (κ2) is 5.97. The van der Waals surface area contributed by atoms with Gasteiger partial charge in [0, 0.05) is 19.6 Å². The van der Waals surface area contributed by atoms with Gasteiger partial charge in [0.15, 0.2) is 0 Å². The zero-order valence-corrected chi connectivity index (χ0v) is 8.46. The van der Waals surface area contributed by atoms with Crippen LogP contribution in [0.2, 0.25) is 0 Å². The van der Waals surface area contributed by atoms with Gasteiger partial charge in [0.25, 0.3) is 0 Å². The minimum absolute atomic E-state index is 0.775. The Morgan fingerprint density at radius 2 is 2.00 bits per heavy atom. The second-order valence-electron chi connectivity index (χ2n) is 3.57. The number of nitrogens with zero attached hydrogens (tertiary/aromatic N) is 2. The third-order valence-electron chi connectivity index (χ3n) is 2.65. The molecule has 1 heterocycles. The Hall–Kier alpha value is -0.570. The van der Waals surface area contributed by atoms with E-state index < -0.39 is 0 Å². The standard InChI is InChI=1S/C10H19N2O/c1-2-11(10-13)8-9-12-6-4-3-5-7-12/h2-9H2,1H3. The lowest BCUT2D eigenvalue weighted by molar-refractivity contribution is 0.210. The van der Waals surface area contributed by atoms with E-state index in [9.17, 15) is 4.79 Å². The molecule has 1 aliphatic rings. The molecule has 0 aromatic carbocycles. The Bertz CT molecular complexity index is 144. The van der Waals surface area contributed by atoms with Crippen LogP contribution in [0.1, 0.15) is 26.2 Å². The first-order valence-corrected chi connectivity index (χ1v) is 5.22. The molecule has 3 nitrogen and oxygen atoms in total.